The summed E-state index contributed by atoms with van der Waals surface area (Å²) in [6.45, 7) is 0. The largest absolute Gasteiger partial charge is 0.255 e. The van der Waals surface area contributed by atoms with Gasteiger partial charge >= 0.3 is 0 Å². The van der Waals surface area contributed by atoms with E-state index in [0.717, 1.165) is 61.5 Å². The second-order valence-electron chi connectivity index (χ2n) is 11.3. The summed E-state index contributed by atoms with van der Waals surface area (Å²) in [6, 6.07) is 52.3. The molecule has 0 saturated carbocycles. The molecule has 8 rings (SSSR count). The van der Waals surface area contributed by atoms with Crippen molar-refractivity contribution in [3.8, 4) is 62.2 Å². The summed E-state index contributed by atoms with van der Waals surface area (Å²) in [5.74, 6) is 0. The van der Waals surface area contributed by atoms with Gasteiger partial charge in [-0.25, -0.2) is 4.98 Å². The first kappa shape index (κ1) is 27.1. The molecule has 0 fully saturated rings. The van der Waals surface area contributed by atoms with Crippen molar-refractivity contribution in [1.82, 2.24) is 15.0 Å². The molecule has 46 heavy (non-hydrogen) atoms. The van der Waals surface area contributed by atoms with Crippen LogP contribution in [0.15, 0.2) is 158 Å². The highest BCUT2D eigenvalue weighted by Crippen LogP contribution is 2.35. The third-order valence-electron chi connectivity index (χ3n) is 8.39. The van der Waals surface area contributed by atoms with Crippen molar-refractivity contribution in [2.75, 3.05) is 0 Å². The van der Waals surface area contributed by atoms with Crippen LogP contribution in [0, 0.1) is 11.3 Å². The van der Waals surface area contributed by atoms with E-state index in [1.54, 1.807) is 12.4 Å². The summed E-state index contributed by atoms with van der Waals surface area (Å²) in [4.78, 5) is 14.0. The van der Waals surface area contributed by atoms with E-state index in [9.17, 15) is 5.26 Å². The van der Waals surface area contributed by atoms with Crippen molar-refractivity contribution in [1.29, 1.82) is 5.26 Å². The van der Waals surface area contributed by atoms with Crippen LogP contribution in [-0.2, 0) is 0 Å². The Morgan fingerprint density at radius 1 is 0.413 bits per heavy atom. The van der Waals surface area contributed by atoms with Crippen LogP contribution < -0.4 is 0 Å². The van der Waals surface area contributed by atoms with Crippen LogP contribution >= 0.6 is 0 Å². The zero-order valence-corrected chi connectivity index (χ0v) is 24.8. The highest BCUT2D eigenvalue weighted by molar-refractivity contribution is 6.00. The van der Waals surface area contributed by atoms with Gasteiger partial charge in [0, 0.05) is 12.4 Å². The van der Waals surface area contributed by atoms with E-state index >= 15 is 0 Å². The lowest BCUT2D eigenvalue weighted by molar-refractivity contribution is 1.22. The number of hydrogen-bond donors (Lipinski definition) is 0. The minimum atomic E-state index is 0.662. The van der Waals surface area contributed by atoms with Gasteiger partial charge in [0.05, 0.1) is 34.4 Å². The predicted octanol–water partition coefficient (Wildman–Crippen LogP) is 10.4. The number of aromatic nitrogens is 3. The highest BCUT2D eigenvalue weighted by Gasteiger charge is 2.12. The molecule has 4 heteroatoms. The van der Waals surface area contributed by atoms with Gasteiger partial charge in [0.15, 0.2) is 0 Å². The maximum atomic E-state index is 9.23. The number of nitriles is 1. The van der Waals surface area contributed by atoms with E-state index in [0.29, 0.717) is 5.56 Å². The lowest BCUT2D eigenvalue weighted by Crippen LogP contribution is -1.94. The first-order valence-corrected chi connectivity index (χ1v) is 15.1. The second-order valence-corrected chi connectivity index (χ2v) is 11.3. The smallest absolute Gasteiger partial charge is 0.0991 e. The molecule has 3 heterocycles. The summed E-state index contributed by atoms with van der Waals surface area (Å²) in [5, 5.41) is 13.9. The quantitative estimate of drug-likeness (QED) is 0.201. The van der Waals surface area contributed by atoms with E-state index in [4.69, 9.17) is 4.98 Å². The van der Waals surface area contributed by atoms with E-state index in [-0.39, 0.29) is 0 Å². The first-order valence-electron chi connectivity index (χ1n) is 15.1. The van der Waals surface area contributed by atoms with Crippen molar-refractivity contribution < 1.29 is 0 Å². The number of fused-ring (bicyclic) bond motifs is 2. The fourth-order valence-electron chi connectivity index (χ4n) is 6.02. The van der Waals surface area contributed by atoms with Crippen molar-refractivity contribution in [3.63, 3.8) is 0 Å². The van der Waals surface area contributed by atoms with Crippen molar-refractivity contribution in [3.05, 3.63) is 164 Å². The Morgan fingerprint density at radius 2 is 0.978 bits per heavy atom. The molecule has 0 aliphatic carbocycles. The molecule has 0 radical (unpaired) electrons. The van der Waals surface area contributed by atoms with E-state index in [1.807, 2.05) is 60.7 Å². The zero-order chi connectivity index (χ0) is 30.9. The molecule has 0 saturated heterocycles. The molecule has 0 spiro atoms. The van der Waals surface area contributed by atoms with Crippen LogP contribution in [-0.4, -0.2) is 15.0 Å². The van der Waals surface area contributed by atoms with E-state index in [1.165, 1.54) is 16.2 Å². The molecular weight excluding hydrogens is 560 g/mol. The topological polar surface area (TPSA) is 62.5 Å². The second kappa shape index (κ2) is 11.6. The summed E-state index contributed by atoms with van der Waals surface area (Å²) < 4.78 is 0. The molecule has 0 bridgehead atoms. The molecular formula is C42H26N4. The monoisotopic (exact) mass is 586 g/mol. The third kappa shape index (κ3) is 5.17. The van der Waals surface area contributed by atoms with Gasteiger partial charge in [0.2, 0.25) is 0 Å². The van der Waals surface area contributed by atoms with E-state index in [2.05, 4.69) is 101 Å². The van der Waals surface area contributed by atoms with Gasteiger partial charge in [-0.1, -0.05) is 78.9 Å². The standard InChI is InChI=1S/C42H26N4/c43-27-28-10-12-30(13-11-28)37-7-5-6-29-14-15-35(24-38(29)37)33-17-16-32-23-34(19-18-31(32)22-33)36-25-41(39-8-1-3-20-44-39)46-42(26-36)40-9-2-4-21-45-40/h1-26H. The first-order chi connectivity index (χ1) is 22.7. The molecule has 3 aromatic heterocycles. The predicted molar refractivity (Wildman–Crippen MR) is 187 cm³/mol. The van der Waals surface area contributed by atoms with Gasteiger partial charge in [-0.2, -0.15) is 5.26 Å². The average Bonchev–Trinajstić information content (AvgIpc) is 3.14. The Kier molecular flexibility index (Phi) is 6.83. The molecule has 4 nitrogen and oxygen atoms in total. The number of pyridine rings is 3. The Hall–Kier alpha value is -6.44. The van der Waals surface area contributed by atoms with Gasteiger partial charge in [-0.15, -0.1) is 0 Å². The molecule has 0 unspecified atom stereocenters. The van der Waals surface area contributed by atoms with Gasteiger partial charge in [0.1, 0.15) is 0 Å². The summed E-state index contributed by atoms with van der Waals surface area (Å²) in [7, 11) is 0. The Balaban J connectivity index is 1.18. The van der Waals surface area contributed by atoms with Crippen LogP contribution in [0.2, 0.25) is 0 Å². The van der Waals surface area contributed by atoms with Crippen LogP contribution in [0.3, 0.4) is 0 Å². The van der Waals surface area contributed by atoms with Crippen LogP contribution in [0.4, 0.5) is 0 Å². The lowest BCUT2D eigenvalue weighted by atomic mass is 9.93. The summed E-state index contributed by atoms with van der Waals surface area (Å²) >= 11 is 0. The normalized spacial score (nSPS) is 11.0. The average molecular weight is 587 g/mol. The number of nitrogens with zero attached hydrogens (tertiary/aromatic N) is 4. The zero-order valence-electron chi connectivity index (χ0n) is 24.8. The fraction of sp³-hybridized carbons (Fsp3) is 0. The van der Waals surface area contributed by atoms with Crippen LogP contribution in [0.5, 0.6) is 0 Å². The minimum absolute atomic E-state index is 0.662. The van der Waals surface area contributed by atoms with Gasteiger partial charge < -0.3 is 0 Å². The molecule has 0 atom stereocenters. The molecule has 0 aliphatic heterocycles. The molecule has 0 amide bonds. The molecule has 0 aliphatic rings. The van der Waals surface area contributed by atoms with Gasteiger partial charge in [-0.3, -0.25) is 9.97 Å². The fourth-order valence-corrected chi connectivity index (χ4v) is 6.02. The molecule has 0 N–H and O–H groups in total. The van der Waals surface area contributed by atoms with Gasteiger partial charge in [-0.05, 0) is 122 Å². The number of hydrogen-bond acceptors (Lipinski definition) is 4. The SMILES string of the molecule is N#Cc1ccc(-c2cccc3ccc(-c4ccc5cc(-c6cc(-c7ccccn7)nc(-c7ccccn7)c6)ccc5c4)cc23)cc1. The molecule has 8 aromatic rings. The molecule has 214 valence electrons. The molecule has 5 aromatic carbocycles. The number of rotatable bonds is 5. The number of benzene rings is 5. The Morgan fingerprint density at radius 3 is 1.57 bits per heavy atom. The Labute approximate surface area is 266 Å². The maximum absolute atomic E-state index is 9.23. The maximum Gasteiger partial charge on any atom is 0.0991 e. The minimum Gasteiger partial charge on any atom is -0.255 e. The van der Waals surface area contributed by atoms with Gasteiger partial charge in [0.25, 0.3) is 0 Å². The summed E-state index contributed by atoms with van der Waals surface area (Å²) in [5.41, 5.74) is 10.7. The summed E-state index contributed by atoms with van der Waals surface area (Å²) in [6.07, 6.45) is 3.59. The van der Waals surface area contributed by atoms with E-state index < -0.39 is 0 Å². The van der Waals surface area contributed by atoms with Crippen LogP contribution in [0.25, 0.3) is 77.7 Å². The van der Waals surface area contributed by atoms with Crippen molar-refractivity contribution in [2.45, 2.75) is 0 Å². The van der Waals surface area contributed by atoms with Crippen molar-refractivity contribution in [2.24, 2.45) is 0 Å². The van der Waals surface area contributed by atoms with Crippen molar-refractivity contribution >= 4 is 21.5 Å². The van der Waals surface area contributed by atoms with Crippen LogP contribution in [0.1, 0.15) is 5.56 Å². The Bertz CT molecular complexity index is 2350. The highest BCUT2D eigenvalue weighted by atomic mass is 14.8. The lowest BCUT2D eigenvalue weighted by Gasteiger charge is -2.12. The third-order valence-corrected chi connectivity index (χ3v) is 8.39.